The fourth-order valence-corrected chi connectivity index (χ4v) is 7.55. The van der Waals surface area contributed by atoms with Crippen molar-refractivity contribution in [2.45, 2.75) is 86.0 Å². The van der Waals surface area contributed by atoms with Crippen LogP contribution >= 0.6 is 0 Å². The highest BCUT2D eigenvalue weighted by molar-refractivity contribution is 5.99. The van der Waals surface area contributed by atoms with Crippen LogP contribution in [0.2, 0.25) is 0 Å². The van der Waals surface area contributed by atoms with E-state index in [1.807, 2.05) is 12.2 Å². The van der Waals surface area contributed by atoms with Gasteiger partial charge in [-0.15, -0.1) is 0 Å². The zero-order valence-electron chi connectivity index (χ0n) is 17.6. The molecular weight excluding hydrogens is 316 g/mol. The van der Waals surface area contributed by atoms with Crippen molar-refractivity contribution in [1.29, 1.82) is 0 Å². The minimum absolute atomic E-state index is 0.222. The van der Waals surface area contributed by atoms with Gasteiger partial charge in [-0.3, -0.25) is 4.79 Å². The maximum Gasteiger partial charge on any atom is 0.178 e. The molecule has 0 spiro atoms. The lowest BCUT2D eigenvalue weighted by Crippen LogP contribution is -2.51. The van der Waals surface area contributed by atoms with Gasteiger partial charge < -0.3 is 0 Å². The Balaban J connectivity index is 1.55. The summed E-state index contributed by atoms with van der Waals surface area (Å²) in [7, 11) is 0. The zero-order chi connectivity index (χ0) is 18.7. The summed E-state index contributed by atoms with van der Waals surface area (Å²) in [5, 5.41) is 0. The van der Waals surface area contributed by atoms with E-state index in [-0.39, 0.29) is 11.2 Å². The van der Waals surface area contributed by atoms with Crippen molar-refractivity contribution in [3.8, 4) is 0 Å². The van der Waals surface area contributed by atoms with E-state index in [1.165, 1.54) is 56.9 Å². The van der Waals surface area contributed by atoms with Crippen molar-refractivity contribution in [2.24, 2.45) is 39.9 Å². The number of hydrogen-bond donors (Lipinski definition) is 0. The number of ketones is 1. The monoisotopic (exact) mass is 354 g/mol. The van der Waals surface area contributed by atoms with E-state index in [9.17, 15) is 4.79 Å². The van der Waals surface area contributed by atoms with Gasteiger partial charge in [0.15, 0.2) is 5.78 Å². The van der Waals surface area contributed by atoms with Crippen molar-refractivity contribution in [3.63, 3.8) is 0 Å². The first-order valence-electron chi connectivity index (χ1n) is 11.1. The van der Waals surface area contributed by atoms with Crippen LogP contribution in [0.25, 0.3) is 0 Å². The van der Waals surface area contributed by atoms with Crippen LogP contribution in [0.4, 0.5) is 0 Å². The van der Waals surface area contributed by atoms with Crippen molar-refractivity contribution in [2.75, 3.05) is 0 Å². The Morgan fingerprint density at radius 1 is 0.885 bits per heavy atom. The lowest BCUT2D eigenvalue weighted by molar-refractivity contribution is -0.110. The van der Waals surface area contributed by atoms with Crippen molar-refractivity contribution >= 4 is 5.78 Å². The van der Waals surface area contributed by atoms with Crippen LogP contribution in [0.15, 0.2) is 23.8 Å². The first-order chi connectivity index (χ1) is 12.1. The fraction of sp³-hybridized carbons (Fsp3) is 0.800. The number of rotatable bonds is 3. The quantitative estimate of drug-likeness (QED) is 0.513. The van der Waals surface area contributed by atoms with Gasteiger partial charge >= 0.3 is 0 Å². The molecule has 0 saturated heterocycles. The molecule has 0 aliphatic heterocycles. The summed E-state index contributed by atoms with van der Waals surface area (Å²) >= 11 is 0. The molecule has 0 aromatic heterocycles. The molecule has 1 heteroatoms. The van der Waals surface area contributed by atoms with Crippen molar-refractivity contribution in [1.82, 2.24) is 0 Å². The normalized spacial score (nSPS) is 44.7. The van der Waals surface area contributed by atoms with Crippen molar-refractivity contribution < 1.29 is 4.79 Å². The summed E-state index contributed by atoms with van der Waals surface area (Å²) in [5.41, 5.74) is 2.40. The summed E-state index contributed by atoms with van der Waals surface area (Å²) in [6, 6.07) is 0. The number of carbonyl (C=O) groups excluding carboxylic acids is 1. The second-order valence-electron chi connectivity index (χ2n) is 11.4. The Kier molecular flexibility index (Phi) is 4.33. The minimum Gasteiger partial charge on any atom is -0.290 e. The van der Waals surface area contributed by atoms with Gasteiger partial charge in [0.25, 0.3) is 0 Å². The molecular formula is C25H38O. The van der Waals surface area contributed by atoms with Crippen LogP contribution in [0.5, 0.6) is 0 Å². The summed E-state index contributed by atoms with van der Waals surface area (Å²) in [6.45, 7) is 12.1. The van der Waals surface area contributed by atoms with Gasteiger partial charge in [-0.1, -0.05) is 46.3 Å². The molecule has 0 aromatic rings. The molecule has 0 amide bonds. The van der Waals surface area contributed by atoms with Crippen LogP contribution in [0.3, 0.4) is 0 Å². The van der Waals surface area contributed by atoms with Crippen LogP contribution in [-0.4, -0.2) is 5.78 Å². The van der Waals surface area contributed by atoms with Crippen LogP contribution in [-0.2, 0) is 4.79 Å². The maximum atomic E-state index is 12.9. The predicted octanol–water partition coefficient (Wildman–Crippen LogP) is 6.74. The number of allylic oxidation sites excluding steroid dienone is 4. The Bertz CT molecular complexity index is 626. The van der Waals surface area contributed by atoms with Crippen LogP contribution < -0.4 is 0 Å². The van der Waals surface area contributed by atoms with E-state index in [2.05, 4.69) is 40.7 Å². The fourth-order valence-electron chi connectivity index (χ4n) is 7.55. The first-order valence-corrected chi connectivity index (χ1v) is 11.1. The standard InChI is InChI=1S/C25H38O/c1-23(2)18-8-6-17(7-9-18)21(23)16-20(26)10-11-22-24(3,4)19-12-14-25(22,5)15-13-19/h10-11,16-19,22H,6-9,12-15H2,1-5H3/b11-10-,21-16+. The maximum absolute atomic E-state index is 12.9. The highest BCUT2D eigenvalue weighted by Crippen LogP contribution is 2.62. The average molecular weight is 355 g/mol. The van der Waals surface area contributed by atoms with Gasteiger partial charge in [-0.2, -0.15) is 0 Å². The van der Waals surface area contributed by atoms with E-state index in [0.717, 1.165) is 11.8 Å². The molecule has 0 aromatic carbocycles. The summed E-state index contributed by atoms with van der Waals surface area (Å²) < 4.78 is 0. The molecule has 0 N–H and O–H groups in total. The first kappa shape index (κ1) is 18.5. The molecule has 6 aliphatic rings. The zero-order valence-corrected chi connectivity index (χ0v) is 17.6. The van der Waals surface area contributed by atoms with Gasteiger partial charge in [0.05, 0.1) is 0 Å². The van der Waals surface area contributed by atoms with Crippen LogP contribution in [0.1, 0.15) is 86.0 Å². The summed E-state index contributed by atoms with van der Waals surface area (Å²) in [5.74, 6) is 3.05. The third kappa shape index (κ3) is 2.76. The molecule has 1 unspecified atom stereocenters. The third-order valence-electron chi connectivity index (χ3n) is 9.41. The molecule has 4 bridgehead atoms. The second kappa shape index (κ2) is 6.08. The molecule has 6 saturated carbocycles. The smallest absolute Gasteiger partial charge is 0.178 e. The molecule has 1 atom stereocenters. The molecule has 26 heavy (non-hydrogen) atoms. The molecule has 6 fully saturated rings. The molecule has 6 rings (SSSR count). The Labute approximate surface area is 160 Å². The highest BCUT2D eigenvalue weighted by Gasteiger charge is 2.53. The third-order valence-corrected chi connectivity index (χ3v) is 9.41. The Morgan fingerprint density at radius 3 is 2.04 bits per heavy atom. The Morgan fingerprint density at radius 2 is 1.50 bits per heavy atom. The number of carbonyl (C=O) groups is 1. The van der Waals surface area contributed by atoms with E-state index in [1.54, 1.807) is 0 Å². The van der Waals surface area contributed by atoms with Gasteiger partial charge in [0, 0.05) is 0 Å². The number of hydrogen-bond acceptors (Lipinski definition) is 1. The van der Waals surface area contributed by atoms with E-state index in [0.29, 0.717) is 22.7 Å². The van der Waals surface area contributed by atoms with Gasteiger partial charge in [0.1, 0.15) is 0 Å². The summed E-state index contributed by atoms with van der Waals surface area (Å²) in [4.78, 5) is 12.9. The largest absolute Gasteiger partial charge is 0.290 e. The second-order valence-corrected chi connectivity index (χ2v) is 11.4. The molecule has 0 heterocycles. The average Bonchev–Trinajstić information content (AvgIpc) is 2.58. The number of fused-ring (bicyclic) bond motifs is 6. The predicted molar refractivity (Wildman–Crippen MR) is 109 cm³/mol. The highest BCUT2D eigenvalue weighted by atomic mass is 16.1. The van der Waals surface area contributed by atoms with E-state index in [4.69, 9.17) is 0 Å². The van der Waals surface area contributed by atoms with Gasteiger partial charge in [-0.25, -0.2) is 0 Å². The van der Waals surface area contributed by atoms with Crippen molar-refractivity contribution in [3.05, 3.63) is 23.8 Å². The Hall–Kier alpha value is -0.850. The SMILES string of the molecule is CC12CCC(CC1)C(C)(C)C2/C=C\C(=O)/C=C1\C2CCC(CC2)C1(C)C. The lowest BCUT2D eigenvalue weighted by Gasteiger charge is -2.59. The molecule has 1 nitrogen and oxygen atoms in total. The summed E-state index contributed by atoms with van der Waals surface area (Å²) in [6.07, 6.45) is 17.0. The van der Waals surface area contributed by atoms with E-state index < -0.39 is 0 Å². The lowest BCUT2D eigenvalue weighted by atomic mass is 9.46. The van der Waals surface area contributed by atoms with Gasteiger partial charge in [0.2, 0.25) is 0 Å². The molecule has 6 aliphatic carbocycles. The molecule has 144 valence electrons. The minimum atomic E-state index is 0.222. The van der Waals surface area contributed by atoms with Gasteiger partial charge in [-0.05, 0) is 103 Å². The van der Waals surface area contributed by atoms with E-state index >= 15 is 0 Å². The molecule has 0 radical (unpaired) electrons. The topological polar surface area (TPSA) is 17.1 Å². The van der Waals surface area contributed by atoms with Crippen LogP contribution in [0, 0.1) is 39.9 Å².